The van der Waals surface area contributed by atoms with Gasteiger partial charge < -0.3 is 19.9 Å². The van der Waals surface area contributed by atoms with Gasteiger partial charge in [0.1, 0.15) is 12.3 Å². The number of amides is 3. The van der Waals surface area contributed by atoms with E-state index in [0.717, 1.165) is 24.3 Å². The monoisotopic (exact) mass is 289 g/mol. The van der Waals surface area contributed by atoms with E-state index in [0.29, 0.717) is 13.1 Å². The molecule has 112 valence electrons. The second-order valence-electron chi connectivity index (χ2n) is 5.32. The average molecular weight is 289 g/mol. The third kappa shape index (κ3) is 2.66. The fourth-order valence-corrected chi connectivity index (χ4v) is 2.80. The predicted octanol–water partition coefficient (Wildman–Crippen LogP) is 0.994. The molecule has 1 aromatic carbocycles. The molecule has 0 saturated carbocycles. The van der Waals surface area contributed by atoms with Crippen molar-refractivity contribution in [2.45, 2.75) is 12.5 Å². The van der Waals surface area contributed by atoms with E-state index in [1.165, 1.54) is 0 Å². The first-order valence-corrected chi connectivity index (χ1v) is 7.15. The number of methoxy groups -OCH3 is 1. The number of ether oxygens (including phenoxy) is 1. The Hall–Kier alpha value is -2.24. The minimum absolute atomic E-state index is 0.00567. The lowest BCUT2D eigenvalue weighted by molar-refractivity contribution is -0.139. The molecular weight excluding hydrogens is 270 g/mol. The van der Waals surface area contributed by atoms with Gasteiger partial charge in [-0.3, -0.25) is 4.79 Å². The van der Waals surface area contributed by atoms with Crippen LogP contribution in [0, 0.1) is 0 Å². The smallest absolute Gasteiger partial charge is 0.317 e. The van der Waals surface area contributed by atoms with E-state index in [9.17, 15) is 9.59 Å². The highest BCUT2D eigenvalue weighted by atomic mass is 16.5. The van der Waals surface area contributed by atoms with Crippen molar-refractivity contribution in [1.29, 1.82) is 0 Å². The largest absolute Gasteiger partial charge is 0.497 e. The van der Waals surface area contributed by atoms with Crippen LogP contribution in [-0.2, 0) is 4.79 Å². The Morgan fingerprint density at radius 2 is 2.29 bits per heavy atom. The zero-order chi connectivity index (χ0) is 14.8. The minimum Gasteiger partial charge on any atom is -0.497 e. The molecule has 1 atom stereocenters. The first-order valence-electron chi connectivity index (χ1n) is 7.15. The summed E-state index contributed by atoms with van der Waals surface area (Å²) in [5.74, 6) is 0.803. The zero-order valence-corrected chi connectivity index (χ0v) is 12.0. The molecule has 0 aromatic heterocycles. The molecular formula is C15H19N3O3. The molecule has 2 fully saturated rings. The number of carbonyl (C=O) groups excluding carboxylic acids is 2. The third-order valence-corrected chi connectivity index (χ3v) is 4.09. The maximum atomic E-state index is 12.3. The number of hydrogen-bond donors (Lipinski definition) is 1. The second kappa shape index (κ2) is 5.63. The van der Waals surface area contributed by atoms with Crippen LogP contribution >= 0.6 is 0 Å². The number of benzene rings is 1. The van der Waals surface area contributed by atoms with Crippen molar-refractivity contribution in [3.63, 3.8) is 0 Å². The fraction of sp³-hybridized carbons (Fsp3) is 0.467. The lowest BCUT2D eigenvalue weighted by Gasteiger charge is -2.42. The molecule has 21 heavy (non-hydrogen) atoms. The molecule has 2 aliphatic heterocycles. The Labute approximate surface area is 123 Å². The van der Waals surface area contributed by atoms with Crippen LogP contribution in [0.3, 0.4) is 0 Å². The highest BCUT2D eigenvalue weighted by Gasteiger charge is 2.35. The van der Waals surface area contributed by atoms with Gasteiger partial charge in [0.25, 0.3) is 0 Å². The number of carbonyl (C=O) groups is 2. The molecule has 2 saturated heterocycles. The van der Waals surface area contributed by atoms with Crippen LogP contribution in [0.4, 0.5) is 4.79 Å². The van der Waals surface area contributed by atoms with Gasteiger partial charge in [-0.1, -0.05) is 12.1 Å². The fourth-order valence-electron chi connectivity index (χ4n) is 2.80. The van der Waals surface area contributed by atoms with E-state index in [4.69, 9.17) is 4.74 Å². The first-order chi connectivity index (χ1) is 10.2. The van der Waals surface area contributed by atoms with Gasteiger partial charge in [0.2, 0.25) is 5.91 Å². The number of nitrogens with zero attached hydrogens (tertiary/aromatic N) is 2. The van der Waals surface area contributed by atoms with Crippen LogP contribution in [0.1, 0.15) is 18.0 Å². The maximum absolute atomic E-state index is 12.3. The molecule has 0 unspecified atom stereocenters. The van der Waals surface area contributed by atoms with Crippen molar-refractivity contribution >= 4 is 11.9 Å². The average Bonchev–Trinajstić information content (AvgIpc) is 2.83. The van der Waals surface area contributed by atoms with Crippen molar-refractivity contribution in [2.24, 2.45) is 0 Å². The Kier molecular flexibility index (Phi) is 3.68. The molecule has 6 heteroatoms. The maximum Gasteiger partial charge on any atom is 0.317 e. The summed E-state index contributed by atoms with van der Waals surface area (Å²) >= 11 is 0. The van der Waals surface area contributed by atoms with Crippen LogP contribution in [0.15, 0.2) is 24.3 Å². The highest BCUT2D eigenvalue weighted by Crippen LogP contribution is 2.34. The molecule has 0 bridgehead atoms. The summed E-state index contributed by atoms with van der Waals surface area (Å²) in [6, 6.07) is 7.74. The van der Waals surface area contributed by atoms with Crippen LogP contribution in [-0.4, -0.2) is 55.0 Å². The SMILES string of the molecule is COc1cccc([C@H]2CCN2C(=O)CN2CCNC2=O)c1. The standard InChI is InChI=1S/C15H19N3O3/c1-21-12-4-2-3-11(9-12)13-5-7-18(13)14(19)10-17-8-6-16-15(17)20/h2-4,9,13H,5-8,10H2,1H3,(H,16,20)/t13-/m1/s1. The number of nitrogens with one attached hydrogen (secondary N) is 1. The van der Waals surface area contributed by atoms with Crippen LogP contribution in [0.5, 0.6) is 5.75 Å². The normalized spacial score (nSPS) is 21.0. The Balaban J connectivity index is 1.66. The van der Waals surface area contributed by atoms with E-state index < -0.39 is 0 Å². The van der Waals surface area contributed by atoms with Crippen molar-refractivity contribution in [3.05, 3.63) is 29.8 Å². The van der Waals surface area contributed by atoms with Gasteiger partial charge in [-0.15, -0.1) is 0 Å². The van der Waals surface area contributed by atoms with Gasteiger partial charge in [-0.05, 0) is 24.1 Å². The molecule has 6 nitrogen and oxygen atoms in total. The summed E-state index contributed by atoms with van der Waals surface area (Å²) < 4.78 is 5.23. The lowest BCUT2D eigenvalue weighted by atomic mass is 9.94. The number of urea groups is 1. The van der Waals surface area contributed by atoms with Gasteiger partial charge in [-0.2, -0.15) is 0 Å². The molecule has 1 N–H and O–H groups in total. The summed E-state index contributed by atoms with van der Waals surface area (Å²) in [5.41, 5.74) is 1.08. The van der Waals surface area contributed by atoms with Crippen molar-refractivity contribution in [2.75, 3.05) is 33.3 Å². The van der Waals surface area contributed by atoms with E-state index in [1.807, 2.05) is 29.2 Å². The lowest BCUT2D eigenvalue weighted by Crippen LogP contribution is -2.49. The van der Waals surface area contributed by atoms with Gasteiger partial charge in [0.15, 0.2) is 0 Å². The summed E-state index contributed by atoms with van der Waals surface area (Å²) in [4.78, 5) is 27.2. The number of rotatable bonds is 4. The topological polar surface area (TPSA) is 61.9 Å². The van der Waals surface area contributed by atoms with Crippen LogP contribution in [0.25, 0.3) is 0 Å². The second-order valence-corrected chi connectivity index (χ2v) is 5.32. The van der Waals surface area contributed by atoms with Gasteiger partial charge in [0, 0.05) is 19.6 Å². The van der Waals surface area contributed by atoms with Crippen molar-refractivity contribution < 1.29 is 14.3 Å². The molecule has 2 aliphatic rings. The summed E-state index contributed by atoms with van der Waals surface area (Å²) in [6.45, 7) is 2.12. The number of hydrogen-bond acceptors (Lipinski definition) is 3. The van der Waals surface area contributed by atoms with Crippen molar-refractivity contribution in [1.82, 2.24) is 15.1 Å². The Morgan fingerprint density at radius 1 is 1.43 bits per heavy atom. The Morgan fingerprint density at radius 3 is 2.90 bits per heavy atom. The van der Waals surface area contributed by atoms with Gasteiger partial charge >= 0.3 is 6.03 Å². The Bertz CT molecular complexity index is 561. The molecule has 3 amide bonds. The quantitative estimate of drug-likeness (QED) is 0.899. The minimum atomic E-state index is -0.151. The summed E-state index contributed by atoms with van der Waals surface area (Å²) in [7, 11) is 1.63. The van der Waals surface area contributed by atoms with Crippen LogP contribution < -0.4 is 10.1 Å². The van der Waals surface area contributed by atoms with E-state index in [2.05, 4.69) is 5.32 Å². The van der Waals surface area contributed by atoms with Crippen molar-refractivity contribution in [3.8, 4) is 5.75 Å². The van der Waals surface area contributed by atoms with E-state index in [-0.39, 0.29) is 24.5 Å². The molecule has 3 rings (SSSR count). The molecule has 0 aliphatic carbocycles. The van der Waals surface area contributed by atoms with Gasteiger partial charge in [0.05, 0.1) is 13.2 Å². The number of likely N-dealkylation sites (tertiary alicyclic amines) is 1. The van der Waals surface area contributed by atoms with Crippen LogP contribution in [0.2, 0.25) is 0 Å². The van der Waals surface area contributed by atoms with E-state index in [1.54, 1.807) is 12.0 Å². The zero-order valence-electron chi connectivity index (χ0n) is 12.0. The summed E-state index contributed by atoms with van der Waals surface area (Å²) in [6.07, 6.45) is 0.950. The van der Waals surface area contributed by atoms with E-state index >= 15 is 0 Å². The first kappa shape index (κ1) is 13.7. The van der Waals surface area contributed by atoms with Gasteiger partial charge in [-0.25, -0.2) is 4.79 Å². The molecule has 0 radical (unpaired) electrons. The third-order valence-electron chi connectivity index (χ3n) is 4.09. The summed E-state index contributed by atoms with van der Waals surface area (Å²) in [5, 5.41) is 2.71. The molecule has 0 spiro atoms. The molecule has 2 heterocycles. The highest BCUT2D eigenvalue weighted by molar-refractivity contribution is 5.85. The molecule has 1 aromatic rings. The predicted molar refractivity (Wildman–Crippen MR) is 77.0 cm³/mol.